The zero-order valence-electron chi connectivity index (χ0n) is 10.1. The first kappa shape index (κ1) is 14.6. The molecule has 0 unspecified atom stereocenters. The summed E-state index contributed by atoms with van der Waals surface area (Å²) in [4.78, 5) is 0. The fraction of sp³-hybridized carbons (Fsp3) is 0.182. The Bertz CT molecular complexity index is 715. The summed E-state index contributed by atoms with van der Waals surface area (Å²) in [6, 6.07) is 3.08. The molecular weight excluding hydrogens is 292 g/mol. The lowest BCUT2D eigenvalue weighted by molar-refractivity contribution is 0.278. The molecule has 6 nitrogen and oxygen atoms in total. The summed E-state index contributed by atoms with van der Waals surface area (Å²) in [5.41, 5.74) is 0.375. The molecule has 3 N–H and O–H groups in total. The summed E-state index contributed by atoms with van der Waals surface area (Å²) in [6.45, 7) is -0.707. The number of aliphatic hydroxyl groups is 1. The van der Waals surface area contributed by atoms with Gasteiger partial charge in [-0.3, -0.25) is 5.10 Å². The van der Waals surface area contributed by atoms with Gasteiger partial charge in [0.05, 0.1) is 12.8 Å². The molecule has 2 rings (SSSR count). The van der Waals surface area contributed by atoms with Gasteiger partial charge in [-0.15, -0.1) is 0 Å². The van der Waals surface area contributed by atoms with Crippen molar-refractivity contribution >= 4 is 10.0 Å². The van der Waals surface area contributed by atoms with Gasteiger partial charge < -0.3 is 5.11 Å². The molecule has 0 radical (unpaired) electrons. The molecular formula is C11H11F2N3O3S. The van der Waals surface area contributed by atoms with Crippen molar-refractivity contribution in [2.45, 2.75) is 18.2 Å². The van der Waals surface area contributed by atoms with Crippen LogP contribution in [0, 0.1) is 11.6 Å². The predicted molar refractivity (Wildman–Crippen MR) is 64.9 cm³/mol. The van der Waals surface area contributed by atoms with Gasteiger partial charge in [0.15, 0.2) is 16.7 Å². The van der Waals surface area contributed by atoms with Crippen LogP contribution in [0.5, 0.6) is 0 Å². The van der Waals surface area contributed by atoms with Gasteiger partial charge in [-0.2, -0.15) is 5.10 Å². The van der Waals surface area contributed by atoms with Gasteiger partial charge in [-0.25, -0.2) is 21.9 Å². The summed E-state index contributed by atoms with van der Waals surface area (Å²) < 4.78 is 51.8. The minimum Gasteiger partial charge on any atom is -0.392 e. The number of nitrogens with one attached hydrogen (secondary N) is 2. The van der Waals surface area contributed by atoms with Gasteiger partial charge in [-0.1, -0.05) is 6.07 Å². The second-order valence-electron chi connectivity index (χ2n) is 3.96. The Kier molecular flexibility index (Phi) is 4.12. The molecule has 1 heterocycles. The molecule has 1 aromatic carbocycles. The highest BCUT2D eigenvalue weighted by Crippen LogP contribution is 2.13. The molecule has 0 aliphatic rings. The van der Waals surface area contributed by atoms with Crippen LogP contribution in [0.2, 0.25) is 0 Å². The van der Waals surface area contributed by atoms with Crippen LogP contribution in [0.15, 0.2) is 29.4 Å². The van der Waals surface area contributed by atoms with Crippen LogP contribution in [0.25, 0.3) is 0 Å². The zero-order valence-corrected chi connectivity index (χ0v) is 10.9. The van der Waals surface area contributed by atoms with Crippen molar-refractivity contribution in [1.29, 1.82) is 0 Å². The Hall–Kier alpha value is -1.84. The average Bonchev–Trinajstić information content (AvgIpc) is 2.89. The summed E-state index contributed by atoms with van der Waals surface area (Å²) in [6.07, 6.45) is 1.19. The Morgan fingerprint density at radius 1 is 1.30 bits per heavy atom. The third kappa shape index (κ3) is 3.00. The molecule has 2 aromatic rings. The SMILES string of the molecule is O=S(=O)(NCc1ccc(F)c(F)c1)c1[nH]ncc1CO. The lowest BCUT2D eigenvalue weighted by atomic mass is 10.2. The van der Waals surface area contributed by atoms with Crippen molar-refractivity contribution in [3.05, 3.63) is 47.2 Å². The minimum atomic E-state index is -3.93. The van der Waals surface area contributed by atoms with E-state index in [1.807, 2.05) is 0 Å². The number of aromatic amines is 1. The molecule has 9 heteroatoms. The van der Waals surface area contributed by atoms with Gasteiger partial charge in [0.1, 0.15) is 0 Å². The highest BCUT2D eigenvalue weighted by atomic mass is 32.2. The smallest absolute Gasteiger partial charge is 0.258 e. The van der Waals surface area contributed by atoms with E-state index in [4.69, 9.17) is 5.11 Å². The number of nitrogens with zero attached hydrogens (tertiary/aromatic N) is 1. The van der Waals surface area contributed by atoms with Crippen molar-refractivity contribution in [2.24, 2.45) is 0 Å². The van der Waals surface area contributed by atoms with E-state index in [2.05, 4.69) is 14.9 Å². The van der Waals surface area contributed by atoms with Crippen molar-refractivity contribution in [3.63, 3.8) is 0 Å². The first-order valence-corrected chi connectivity index (χ1v) is 6.99. The molecule has 108 valence electrons. The molecule has 20 heavy (non-hydrogen) atoms. The number of halogens is 2. The molecule has 0 amide bonds. The van der Waals surface area contributed by atoms with E-state index in [9.17, 15) is 17.2 Å². The van der Waals surface area contributed by atoms with Gasteiger partial charge in [0.25, 0.3) is 10.0 Å². The third-order valence-corrected chi connectivity index (χ3v) is 3.98. The number of sulfonamides is 1. The van der Waals surface area contributed by atoms with E-state index in [0.717, 1.165) is 12.1 Å². The molecule has 0 saturated heterocycles. The van der Waals surface area contributed by atoms with E-state index in [0.29, 0.717) is 0 Å². The normalized spacial score (nSPS) is 11.8. The minimum absolute atomic E-state index is 0.114. The first-order valence-electron chi connectivity index (χ1n) is 5.50. The fourth-order valence-electron chi connectivity index (χ4n) is 1.54. The lowest BCUT2D eigenvalue weighted by Gasteiger charge is -2.06. The Labute approximate surface area is 113 Å². The number of benzene rings is 1. The maximum atomic E-state index is 13.0. The van der Waals surface area contributed by atoms with Crippen molar-refractivity contribution < 1.29 is 22.3 Å². The summed E-state index contributed by atoms with van der Waals surface area (Å²) >= 11 is 0. The number of rotatable bonds is 5. The number of aliphatic hydroxyl groups excluding tert-OH is 1. The highest BCUT2D eigenvalue weighted by Gasteiger charge is 2.20. The topological polar surface area (TPSA) is 95.1 Å². The summed E-state index contributed by atoms with van der Waals surface area (Å²) in [5, 5.41) is 14.5. The third-order valence-electron chi connectivity index (χ3n) is 2.57. The van der Waals surface area contributed by atoms with Crippen LogP contribution in [-0.2, 0) is 23.2 Å². The maximum absolute atomic E-state index is 13.0. The number of hydrogen-bond donors (Lipinski definition) is 3. The van der Waals surface area contributed by atoms with E-state index >= 15 is 0 Å². The van der Waals surface area contributed by atoms with Crippen molar-refractivity contribution in [1.82, 2.24) is 14.9 Å². The van der Waals surface area contributed by atoms with E-state index in [1.54, 1.807) is 0 Å². The number of aromatic nitrogens is 2. The van der Waals surface area contributed by atoms with Crippen LogP contribution in [0.4, 0.5) is 8.78 Å². The molecule has 0 atom stereocenters. The van der Waals surface area contributed by atoms with Crippen LogP contribution in [0.3, 0.4) is 0 Å². The van der Waals surface area contributed by atoms with Gasteiger partial charge >= 0.3 is 0 Å². The molecule has 0 fully saturated rings. The molecule has 0 saturated carbocycles. The Morgan fingerprint density at radius 3 is 2.70 bits per heavy atom. The monoisotopic (exact) mass is 303 g/mol. The zero-order chi connectivity index (χ0) is 14.8. The standard InChI is InChI=1S/C11H11F2N3O3S/c12-9-2-1-7(3-10(9)13)4-15-20(18,19)11-8(6-17)5-14-16-11/h1-3,5,15,17H,4,6H2,(H,14,16). The predicted octanol–water partition coefficient (Wildman–Crippen LogP) is 0.659. The van der Waals surface area contributed by atoms with Crippen molar-refractivity contribution in [3.8, 4) is 0 Å². The van der Waals surface area contributed by atoms with Gasteiger partial charge in [0, 0.05) is 12.1 Å². The molecule has 0 aliphatic carbocycles. The van der Waals surface area contributed by atoms with Gasteiger partial charge in [-0.05, 0) is 17.7 Å². The summed E-state index contributed by atoms with van der Waals surface area (Å²) in [7, 11) is -3.93. The van der Waals surface area contributed by atoms with E-state index in [-0.39, 0.29) is 22.7 Å². The maximum Gasteiger partial charge on any atom is 0.258 e. The highest BCUT2D eigenvalue weighted by molar-refractivity contribution is 7.89. The van der Waals surface area contributed by atoms with Crippen LogP contribution >= 0.6 is 0 Å². The lowest BCUT2D eigenvalue weighted by Crippen LogP contribution is -2.24. The van der Waals surface area contributed by atoms with Crippen LogP contribution in [-0.4, -0.2) is 23.7 Å². The molecule has 1 aromatic heterocycles. The van der Waals surface area contributed by atoms with E-state index in [1.165, 1.54) is 12.3 Å². The Balaban J connectivity index is 2.15. The largest absolute Gasteiger partial charge is 0.392 e. The number of hydrogen-bond acceptors (Lipinski definition) is 4. The van der Waals surface area contributed by atoms with Gasteiger partial charge in [0.2, 0.25) is 0 Å². The van der Waals surface area contributed by atoms with Crippen LogP contribution < -0.4 is 4.72 Å². The average molecular weight is 303 g/mol. The number of H-pyrrole nitrogens is 1. The second kappa shape index (κ2) is 5.65. The Morgan fingerprint density at radius 2 is 2.05 bits per heavy atom. The fourth-order valence-corrected chi connectivity index (χ4v) is 2.68. The second-order valence-corrected chi connectivity index (χ2v) is 5.66. The quantitative estimate of drug-likeness (QED) is 0.756. The molecule has 0 spiro atoms. The molecule has 0 aliphatic heterocycles. The van der Waals surface area contributed by atoms with E-state index < -0.39 is 28.3 Å². The molecule has 0 bridgehead atoms. The first-order chi connectivity index (χ1) is 9.44. The summed E-state index contributed by atoms with van der Waals surface area (Å²) in [5.74, 6) is -2.06. The van der Waals surface area contributed by atoms with Crippen molar-refractivity contribution in [2.75, 3.05) is 0 Å². The van der Waals surface area contributed by atoms with Crippen LogP contribution in [0.1, 0.15) is 11.1 Å².